The fourth-order valence-electron chi connectivity index (χ4n) is 4.58. The first-order chi connectivity index (χ1) is 17.1. The third-order valence-corrected chi connectivity index (χ3v) is 8.41. The molecule has 1 aromatic carbocycles. The molecule has 184 valence electrons. The van der Waals surface area contributed by atoms with E-state index >= 15 is 0 Å². The Balaban J connectivity index is 1.53. The van der Waals surface area contributed by atoms with Gasteiger partial charge in [-0.1, -0.05) is 49.8 Å². The Morgan fingerprint density at radius 2 is 1.94 bits per heavy atom. The summed E-state index contributed by atoms with van der Waals surface area (Å²) in [4.78, 5) is 22.4. The maximum atomic E-state index is 13.2. The Kier molecular flexibility index (Phi) is 9.31. The van der Waals surface area contributed by atoms with Gasteiger partial charge in [0.2, 0.25) is 5.91 Å². The number of benzene rings is 1. The molecule has 0 radical (unpaired) electrons. The summed E-state index contributed by atoms with van der Waals surface area (Å²) < 4.78 is 2.16. The van der Waals surface area contributed by atoms with E-state index in [2.05, 4.69) is 78.9 Å². The average molecular weight is 601 g/mol. The van der Waals surface area contributed by atoms with Gasteiger partial charge >= 0.3 is 0 Å². The van der Waals surface area contributed by atoms with Crippen LogP contribution in [0, 0.1) is 0 Å². The van der Waals surface area contributed by atoms with Crippen LogP contribution in [0.3, 0.4) is 0 Å². The topological polar surface area (TPSA) is 40.8 Å². The predicted molar refractivity (Wildman–Crippen MR) is 158 cm³/mol. The Bertz CT molecular complexity index is 1190. The van der Waals surface area contributed by atoms with Crippen LogP contribution in [0.1, 0.15) is 44.6 Å². The van der Waals surface area contributed by atoms with Crippen molar-refractivity contribution in [3.63, 3.8) is 0 Å². The zero-order valence-corrected chi connectivity index (χ0v) is 23.3. The minimum absolute atomic E-state index is 0.254. The highest BCUT2D eigenvalue weighted by molar-refractivity contribution is 14.2. The third-order valence-electron chi connectivity index (χ3n) is 6.67. The molecule has 0 bridgehead atoms. The van der Waals surface area contributed by atoms with E-state index in [1.165, 1.54) is 16.5 Å². The molecule has 0 unspecified atom stereocenters. The van der Waals surface area contributed by atoms with Crippen LogP contribution in [0.5, 0.6) is 0 Å². The van der Waals surface area contributed by atoms with E-state index in [9.17, 15) is 4.79 Å². The van der Waals surface area contributed by atoms with Crippen LogP contribution >= 0.6 is 30.3 Å². The molecule has 1 aliphatic carbocycles. The third kappa shape index (κ3) is 6.70. The molecular formula is C28H33IN4OS. The number of aliphatic imine (C=N–C) groups is 1. The maximum Gasteiger partial charge on any atom is 0.222 e. The van der Waals surface area contributed by atoms with E-state index in [4.69, 9.17) is 4.99 Å². The average Bonchev–Trinajstić information content (AvgIpc) is 3.28. The number of aromatic nitrogens is 1. The summed E-state index contributed by atoms with van der Waals surface area (Å²) in [5.41, 5.74) is 5.34. The van der Waals surface area contributed by atoms with Gasteiger partial charge in [-0.3, -0.25) is 13.8 Å². The van der Waals surface area contributed by atoms with E-state index in [0.717, 1.165) is 55.8 Å². The SMILES string of the molecule is C=C1C=CC=CC1=N/C=C(\C)N1CCCCCCC(=O)N(Cc2cccc3c2ccn3SI)CC1. The summed E-state index contributed by atoms with van der Waals surface area (Å²) in [6, 6.07) is 8.55. The van der Waals surface area contributed by atoms with Gasteiger partial charge in [-0.15, -0.1) is 0 Å². The molecule has 2 aromatic rings. The predicted octanol–water partition coefficient (Wildman–Crippen LogP) is 7.07. The summed E-state index contributed by atoms with van der Waals surface area (Å²) in [6.45, 7) is 9.32. The maximum absolute atomic E-state index is 13.2. The second-order valence-corrected chi connectivity index (χ2v) is 10.8. The number of halogens is 1. The van der Waals surface area contributed by atoms with E-state index in [1.54, 1.807) is 9.12 Å². The normalized spacial score (nSPS) is 19.6. The van der Waals surface area contributed by atoms with E-state index in [0.29, 0.717) is 19.5 Å². The van der Waals surface area contributed by atoms with Crippen molar-refractivity contribution in [2.24, 2.45) is 4.99 Å². The lowest BCUT2D eigenvalue weighted by Gasteiger charge is -2.29. The number of rotatable bonds is 5. The van der Waals surface area contributed by atoms with Crippen LogP contribution in [0.4, 0.5) is 0 Å². The molecule has 4 rings (SSSR count). The minimum Gasteiger partial charge on any atom is -0.372 e. The van der Waals surface area contributed by atoms with Crippen LogP contribution < -0.4 is 0 Å². The summed E-state index contributed by atoms with van der Waals surface area (Å²) in [5, 5.41) is 1.22. The number of allylic oxidation sites excluding steroid dienone is 6. The molecule has 1 saturated heterocycles. The van der Waals surface area contributed by atoms with Crippen molar-refractivity contribution in [1.82, 2.24) is 13.8 Å². The zero-order valence-electron chi connectivity index (χ0n) is 20.3. The molecule has 0 spiro atoms. The van der Waals surface area contributed by atoms with Gasteiger partial charge in [0.25, 0.3) is 0 Å². The quantitative estimate of drug-likeness (QED) is 0.345. The van der Waals surface area contributed by atoms with E-state index in [1.807, 2.05) is 30.5 Å². The lowest BCUT2D eigenvalue weighted by atomic mass is 10.1. The molecule has 2 aliphatic rings. The molecule has 1 aliphatic heterocycles. The first kappa shape index (κ1) is 25.8. The first-order valence-electron chi connectivity index (χ1n) is 12.3. The van der Waals surface area contributed by atoms with Crippen molar-refractivity contribution in [2.45, 2.75) is 45.6 Å². The molecule has 1 fully saturated rings. The van der Waals surface area contributed by atoms with Crippen LogP contribution in [0.2, 0.25) is 0 Å². The molecule has 5 nitrogen and oxygen atoms in total. The van der Waals surface area contributed by atoms with E-state index < -0.39 is 0 Å². The lowest BCUT2D eigenvalue weighted by molar-refractivity contribution is -0.132. The molecule has 0 saturated carbocycles. The van der Waals surface area contributed by atoms with Crippen molar-refractivity contribution in [1.29, 1.82) is 0 Å². The zero-order chi connectivity index (χ0) is 24.6. The molecule has 35 heavy (non-hydrogen) atoms. The van der Waals surface area contributed by atoms with Crippen molar-refractivity contribution >= 4 is 52.8 Å². The molecular weight excluding hydrogens is 567 g/mol. The number of amides is 1. The number of carbonyl (C=O) groups is 1. The van der Waals surface area contributed by atoms with Crippen LogP contribution in [0.15, 0.2) is 83.8 Å². The molecule has 7 heteroatoms. The van der Waals surface area contributed by atoms with E-state index in [-0.39, 0.29) is 5.91 Å². The Morgan fingerprint density at radius 3 is 2.77 bits per heavy atom. The summed E-state index contributed by atoms with van der Waals surface area (Å²) in [5.74, 6) is 0.254. The van der Waals surface area contributed by atoms with Crippen molar-refractivity contribution < 1.29 is 4.79 Å². The highest BCUT2D eigenvalue weighted by Gasteiger charge is 2.18. The monoisotopic (exact) mass is 600 g/mol. The standard InChI is InChI=1S/C28H33IN4OS/c1-22-10-6-7-12-26(22)30-20-23(2)31-16-8-4-3-5-14-28(34)32(19-18-31)21-24-11-9-13-27-25(24)15-17-33(27)35-29/h6-7,9-13,15,17,20H,1,3-5,8,14,16,18-19,21H2,2H3/b23-20+,30-26?. The minimum atomic E-state index is 0.254. The van der Waals surface area contributed by atoms with Gasteiger partial charge in [-0.2, -0.15) is 0 Å². The Labute approximate surface area is 225 Å². The number of hydrogen-bond acceptors (Lipinski definition) is 4. The highest BCUT2D eigenvalue weighted by atomic mass is 127. The number of nitrogens with zero attached hydrogens (tertiary/aromatic N) is 4. The number of fused-ring (bicyclic) bond motifs is 1. The van der Waals surface area contributed by atoms with Crippen molar-refractivity contribution in [3.05, 3.63) is 84.4 Å². The second-order valence-electron chi connectivity index (χ2n) is 9.06. The van der Waals surface area contributed by atoms with Gasteiger partial charge in [-0.25, -0.2) is 0 Å². The lowest BCUT2D eigenvalue weighted by Crippen LogP contribution is -2.38. The second kappa shape index (κ2) is 12.6. The largest absolute Gasteiger partial charge is 0.372 e. The van der Waals surface area contributed by atoms with Gasteiger partial charge in [0.1, 0.15) is 0 Å². The molecule has 0 N–H and O–H groups in total. The number of carbonyl (C=O) groups excluding carboxylic acids is 1. The molecule has 2 heterocycles. The van der Waals surface area contributed by atoms with Gasteiger partial charge in [0.05, 0.1) is 11.2 Å². The van der Waals surface area contributed by atoms with Crippen LogP contribution in [0.25, 0.3) is 10.9 Å². The first-order valence-corrected chi connectivity index (χ1v) is 15.6. The number of hydrogen-bond donors (Lipinski definition) is 0. The smallest absolute Gasteiger partial charge is 0.222 e. The van der Waals surface area contributed by atoms with Gasteiger partial charge in [-0.05, 0) is 49.1 Å². The van der Waals surface area contributed by atoms with Crippen molar-refractivity contribution in [3.8, 4) is 0 Å². The Morgan fingerprint density at radius 1 is 1.11 bits per heavy atom. The highest BCUT2D eigenvalue weighted by Crippen LogP contribution is 2.28. The van der Waals surface area contributed by atoms with Gasteiger partial charge in [0.15, 0.2) is 0 Å². The van der Waals surface area contributed by atoms with Gasteiger partial charge in [0, 0.05) is 86.4 Å². The fourth-order valence-corrected chi connectivity index (χ4v) is 5.95. The summed E-state index contributed by atoms with van der Waals surface area (Å²) >= 11 is 2.30. The summed E-state index contributed by atoms with van der Waals surface area (Å²) in [7, 11) is 1.66. The van der Waals surface area contributed by atoms with Gasteiger partial charge < -0.3 is 9.80 Å². The van der Waals surface area contributed by atoms with Crippen LogP contribution in [-0.4, -0.2) is 45.0 Å². The molecule has 1 amide bonds. The molecule has 1 aromatic heterocycles. The Hall–Kier alpha value is -2.26. The fraction of sp³-hybridized carbons (Fsp3) is 0.357. The van der Waals surface area contributed by atoms with Crippen molar-refractivity contribution in [2.75, 3.05) is 19.6 Å². The van der Waals surface area contributed by atoms with Crippen LogP contribution in [-0.2, 0) is 11.3 Å². The molecule has 0 atom stereocenters. The summed E-state index contributed by atoms with van der Waals surface area (Å²) in [6.07, 6.45) is 17.0.